The molecule has 0 bridgehead atoms. The predicted molar refractivity (Wildman–Crippen MR) is 107 cm³/mol. The minimum absolute atomic E-state index is 0.102. The van der Waals surface area contributed by atoms with E-state index in [1.54, 1.807) is 23.1 Å². The van der Waals surface area contributed by atoms with Gasteiger partial charge in [-0.15, -0.1) is 10.2 Å². The van der Waals surface area contributed by atoms with E-state index < -0.39 is 0 Å². The highest BCUT2D eigenvalue weighted by Gasteiger charge is 2.22. The van der Waals surface area contributed by atoms with Gasteiger partial charge in [-0.1, -0.05) is 53.4 Å². The average molecular weight is 383 g/mol. The Morgan fingerprint density at radius 2 is 1.85 bits per heavy atom. The first-order valence-corrected chi connectivity index (χ1v) is 10.2. The lowest BCUT2D eigenvalue weighted by molar-refractivity contribution is 0.102. The standard InChI is InChI=1S/C19H18N4OS2/c24-17(20-15-4-2-1-3-5-15)14-8-6-13(7-9-14)12-25-19-23-22-18(26-19)21-16-10-11-16/h1-9,16H,10-12H2,(H,20,24)(H,21,22). The third-order valence-electron chi connectivity index (χ3n) is 3.92. The molecule has 2 N–H and O–H groups in total. The normalized spacial score (nSPS) is 13.4. The van der Waals surface area contributed by atoms with Crippen LogP contribution in [0.15, 0.2) is 58.9 Å². The minimum atomic E-state index is -0.102. The van der Waals surface area contributed by atoms with Crippen molar-refractivity contribution >= 4 is 39.8 Å². The predicted octanol–water partition coefficient (Wildman–Crippen LogP) is 4.66. The molecule has 1 heterocycles. The number of hydrogen-bond donors (Lipinski definition) is 2. The van der Waals surface area contributed by atoms with Crippen LogP contribution in [0.5, 0.6) is 0 Å². The molecule has 2 aromatic carbocycles. The van der Waals surface area contributed by atoms with Gasteiger partial charge in [0.25, 0.3) is 5.91 Å². The van der Waals surface area contributed by atoms with Crippen LogP contribution in [0.3, 0.4) is 0 Å². The van der Waals surface area contributed by atoms with Gasteiger partial charge < -0.3 is 10.6 Å². The van der Waals surface area contributed by atoms with Crippen molar-refractivity contribution in [2.75, 3.05) is 10.6 Å². The molecule has 0 unspecified atom stereocenters. The summed E-state index contributed by atoms with van der Waals surface area (Å²) in [6, 6.07) is 17.7. The third kappa shape index (κ3) is 4.62. The smallest absolute Gasteiger partial charge is 0.255 e. The summed E-state index contributed by atoms with van der Waals surface area (Å²) >= 11 is 3.26. The molecule has 1 saturated carbocycles. The fourth-order valence-corrected chi connectivity index (χ4v) is 4.14. The van der Waals surface area contributed by atoms with Crippen molar-refractivity contribution in [3.05, 3.63) is 65.7 Å². The Labute approximate surface area is 160 Å². The van der Waals surface area contributed by atoms with Crippen molar-refractivity contribution in [1.82, 2.24) is 10.2 Å². The van der Waals surface area contributed by atoms with Crippen molar-refractivity contribution in [3.8, 4) is 0 Å². The minimum Gasteiger partial charge on any atom is -0.357 e. The lowest BCUT2D eigenvalue weighted by atomic mass is 10.1. The molecule has 0 radical (unpaired) electrons. The van der Waals surface area contributed by atoms with Gasteiger partial charge in [0.15, 0.2) is 4.34 Å². The van der Waals surface area contributed by atoms with Gasteiger partial charge in [-0.2, -0.15) is 0 Å². The maximum Gasteiger partial charge on any atom is 0.255 e. The van der Waals surface area contributed by atoms with Crippen LogP contribution in [0.1, 0.15) is 28.8 Å². The van der Waals surface area contributed by atoms with Crippen LogP contribution < -0.4 is 10.6 Å². The maximum absolute atomic E-state index is 12.3. The average Bonchev–Trinajstić information content (AvgIpc) is 3.37. The molecule has 1 aromatic heterocycles. The van der Waals surface area contributed by atoms with E-state index in [1.807, 2.05) is 54.6 Å². The van der Waals surface area contributed by atoms with E-state index in [1.165, 1.54) is 12.8 Å². The number of anilines is 2. The molecule has 0 saturated heterocycles. The Morgan fingerprint density at radius 1 is 1.08 bits per heavy atom. The van der Waals surface area contributed by atoms with Gasteiger partial charge >= 0.3 is 0 Å². The van der Waals surface area contributed by atoms with Crippen LogP contribution in [0.2, 0.25) is 0 Å². The van der Waals surface area contributed by atoms with E-state index in [9.17, 15) is 4.79 Å². The Morgan fingerprint density at radius 3 is 2.58 bits per heavy atom. The zero-order valence-electron chi connectivity index (χ0n) is 14.0. The molecule has 0 spiro atoms. The number of para-hydroxylation sites is 1. The van der Waals surface area contributed by atoms with Crippen LogP contribution in [-0.4, -0.2) is 22.1 Å². The van der Waals surface area contributed by atoms with Crippen LogP contribution >= 0.6 is 23.1 Å². The molecule has 26 heavy (non-hydrogen) atoms. The van der Waals surface area contributed by atoms with Crippen LogP contribution in [0.25, 0.3) is 0 Å². The number of amides is 1. The quantitative estimate of drug-likeness (QED) is 0.582. The van der Waals surface area contributed by atoms with E-state index in [2.05, 4.69) is 20.8 Å². The summed E-state index contributed by atoms with van der Waals surface area (Å²) in [5.41, 5.74) is 2.59. The SMILES string of the molecule is O=C(Nc1ccccc1)c1ccc(CSc2nnc(NC3CC3)s2)cc1. The first kappa shape index (κ1) is 17.1. The van der Waals surface area contributed by atoms with E-state index >= 15 is 0 Å². The summed E-state index contributed by atoms with van der Waals surface area (Å²) in [5, 5.41) is 15.5. The molecule has 1 aliphatic rings. The summed E-state index contributed by atoms with van der Waals surface area (Å²) in [6.07, 6.45) is 2.46. The van der Waals surface area contributed by atoms with Crippen molar-refractivity contribution in [1.29, 1.82) is 0 Å². The summed E-state index contributed by atoms with van der Waals surface area (Å²) in [5.74, 6) is 0.703. The molecule has 1 aliphatic carbocycles. The van der Waals surface area contributed by atoms with Gasteiger partial charge in [0, 0.05) is 23.0 Å². The number of hydrogen-bond acceptors (Lipinski definition) is 6. The summed E-state index contributed by atoms with van der Waals surface area (Å²) in [6.45, 7) is 0. The fourth-order valence-electron chi connectivity index (χ4n) is 2.35. The highest BCUT2D eigenvalue weighted by Crippen LogP contribution is 2.31. The third-order valence-corrected chi connectivity index (χ3v) is 5.98. The largest absolute Gasteiger partial charge is 0.357 e. The Kier molecular flexibility index (Phi) is 5.17. The molecule has 0 atom stereocenters. The van der Waals surface area contributed by atoms with E-state index in [0.717, 1.165) is 26.5 Å². The lowest BCUT2D eigenvalue weighted by Crippen LogP contribution is -2.11. The molecule has 1 fully saturated rings. The molecular formula is C19H18N4OS2. The molecular weight excluding hydrogens is 364 g/mol. The Hall–Kier alpha value is -2.38. The Bertz CT molecular complexity index is 876. The van der Waals surface area contributed by atoms with Gasteiger partial charge in [0.05, 0.1) is 0 Å². The molecule has 5 nitrogen and oxygen atoms in total. The molecule has 1 amide bonds. The first-order chi connectivity index (χ1) is 12.8. The zero-order chi connectivity index (χ0) is 17.8. The number of nitrogens with one attached hydrogen (secondary N) is 2. The van der Waals surface area contributed by atoms with Gasteiger partial charge in [0.1, 0.15) is 0 Å². The van der Waals surface area contributed by atoms with Gasteiger partial charge in [-0.05, 0) is 42.7 Å². The number of rotatable bonds is 7. The van der Waals surface area contributed by atoms with Crippen molar-refractivity contribution in [3.63, 3.8) is 0 Å². The number of carbonyl (C=O) groups is 1. The number of thioether (sulfide) groups is 1. The van der Waals surface area contributed by atoms with E-state index in [4.69, 9.17) is 0 Å². The maximum atomic E-state index is 12.3. The lowest BCUT2D eigenvalue weighted by Gasteiger charge is -2.06. The fraction of sp³-hybridized carbons (Fsp3) is 0.211. The topological polar surface area (TPSA) is 66.9 Å². The Balaban J connectivity index is 1.31. The van der Waals surface area contributed by atoms with E-state index in [-0.39, 0.29) is 5.91 Å². The van der Waals surface area contributed by atoms with Crippen molar-refractivity contribution < 1.29 is 4.79 Å². The number of nitrogens with zero attached hydrogens (tertiary/aromatic N) is 2. The van der Waals surface area contributed by atoms with E-state index in [0.29, 0.717) is 11.6 Å². The number of benzene rings is 2. The van der Waals surface area contributed by atoms with Gasteiger partial charge in [-0.3, -0.25) is 4.79 Å². The summed E-state index contributed by atoms with van der Waals surface area (Å²) in [7, 11) is 0. The molecule has 4 rings (SSSR count). The summed E-state index contributed by atoms with van der Waals surface area (Å²) in [4.78, 5) is 12.3. The van der Waals surface area contributed by atoms with Crippen molar-refractivity contribution in [2.24, 2.45) is 0 Å². The molecule has 0 aliphatic heterocycles. The first-order valence-electron chi connectivity index (χ1n) is 8.44. The summed E-state index contributed by atoms with van der Waals surface area (Å²) < 4.78 is 0.957. The second-order valence-electron chi connectivity index (χ2n) is 6.10. The highest BCUT2D eigenvalue weighted by molar-refractivity contribution is 8.00. The number of aromatic nitrogens is 2. The van der Waals surface area contributed by atoms with Crippen LogP contribution in [0.4, 0.5) is 10.8 Å². The van der Waals surface area contributed by atoms with Gasteiger partial charge in [-0.25, -0.2) is 0 Å². The second-order valence-corrected chi connectivity index (χ2v) is 8.30. The highest BCUT2D eigenvalue weighted by atomic mass is 32.2. The molecule has 3 aromatic rings. The van der Waals surface area contributed by atoms with Gasteiger partial charge in [0.2, 0.25) is 5.13 Å². The van der Waals surface area contributed by atoms with Crippen LogP contribution in [-0.2, 0) is 5.75 Å². The monoisotopic (exact) mass is 382 g/mol. The molecule has 132 valence electrons. The molecule has 7 heteroatoms. The van der Waals surface area contributed by atoms with Crippen LogP contribution in [0, 0.1) is 0 Å². The second kappa shape index (κ2) is 7.88. The van der Waals surface area contributed by atoms with Crippen molar-refractivity contribution in [2.45, 2.75) is 29.0 Å². The number of carbonyl (C=O) groups excluding carboxylic acids is 1. The zero-order valence-corrected chi connectivity index (χ0v) is 15.6.